The van der Waals surface area contributed by atoms with E-state index in [-0.39, 0.29) is 22.2 Å². The molecule has 0 aromatic carbocycles. The van der Waals surface area contributed by atoms with E-state index in [4.69, 9.17) is 15.8 Å². The van der Waals surface area contributed by atoms with Crippen LogP contribution in [0.2, 0.25) is 0 Å². The zero-order valence-corrected chi connectivity index (χ0v) is 18.6. The van der Waals surface area contributed by atoms with Crippen molar-refractivity contribution in [1.29, 1.82) is 0 Å². The summed E-state index contributed by atoms with van der Waals surface area (Å²) in [5, 5.41) is 18.4. The fourth-order valence-electron chi connectivity index (χ4n) is 3.05. The van der Waals surface area contributed by atoms with Gasteiger partial charge in [0, 0.05) is 11.1 Å². The number of nitrogens with one attached hydrogen (secondary N) is 1. The number of anilines is 1. The van der Waals surface area contributed by atoms with Gasteiger partial charge in [0.2, 0.25) is 5.12 Å². The third-order valence-electron chi connectivity index (χ3n) is 4.35. The first kappa shape index (κ1) is 22.8. The molecule has 2 aliphatic heterocycles. The molecule has 0 spiro atoms. The standard InChI is InChI=1S/C17H18N6O5S3/c1-28-22-10(9-7-31-17(18)20-9)13(24)21-11-14(25)23-12(16(26)29)8(6-30-15(11)23)4-2-3-5-19-27/h2-3,5,7,11,15,27H,4,6H2,1H3,(H2,18,20)(H,21,24)(H,26,29)/b3-2-,19-5+,22-10-/t11?,15-/m1/s1. The van der Waals surface area contributed by atoms with Crippen LogP contribution in [0, 0.1) is 0 Å². The molecule has 1 aromatic rings. The Balaban J connectivity index is 1.77. The number of carbonyl (C=O) groups excluding carboxylic acids is 3. The first-order valence-corrected chi connectivity index (χ1v) is 11.1. The minimum atomic E-state index is -0.850. The molecule has 31 heavy (non-hydrogen) atoms. The lowest BCUT2D eigenvalue weighted by Crippen LogP contribution is -2.70. The molecular weight excluding hydrogens is 464 g/mol. The molecule has 0 saturated carbocycles. The van der Waals surface area contributed by atoms with Gasteiger partial charge < -0.3 is 21.1 Å². The summed E-state index contributed by atoms with van der Waals surface area (Å²) in [5.41, 5.74) is 6.64. The lowest BCUT2D eigenvalue weighted by atomic mass is 10.0. The van der Waals surface area contributed by atoms with Gasteiger partial charge in [0.15, 0.2) is 10.8 Å². The van der Waals surface area contributed by atoms with Gasteiger partial charge >= 0.3 is 0 Å². The van der Waals surface area contributed by atoms with Gasteiger partial charge in [-0.2, -0.15) is 0 Å². The van der Waals surface area contributed by atoms with Crippen molar-refractivity contribution < 1.29 is 24.4 Å². The van der Waals surface area contributed by atoms with Crippen LogP contribution in [-0.4, -0.2) is 68.2 Å². The third-order valence-corrected chi connectivity index (χ3v) is 6.58. The van der Waals surface area contributed by atoms with Crippen LogP contribution in [0.25, 0.3) is 0 Å². The normalized spacial score (nSPS) is 21.4. The average molecular weight is 483 g/mol. The molecule has 1 saturated heterocycles. The highest BCUT2D eigenvalue weighted by molar-refractivity contribution is 8.00. The van der Waals surface area contributed by atoms with Gasteiger partial charge in [-0.15, -0.1) is 23.1 Å². The summed E-state index contributed by atoms with van der Waals surface area (Å²) < 4.78 is 0. The van der Waals surface area contributed by atoms with Crippen LogP contribution in [0.3, 0.4) is 0 Å². The summed E-state index contributed by atoms with van der Waals surface area (Å²) in [6.45, 7) is 0. The second kappa shape index (κ2) is 9.98. The van der Waals surface area contributed by atoms with Crippen molar-refractivity contribution in [1.82, 2.24) is 15.2 Å². The molecular formula is C17H18N6O5S3. The van der Waals surface area contributed by atoms with Crippen LogP contribution in [0.4, 0.5) is 5.13 Å². The highest BCUT2D eigenvalue weighted by Crippen LogP contribution is 2.41. The number of aromatic nitrogens is 1. The Morgan fingerprint density at radius 2 is 2.32 bits per heavy atom. The van der Waals surface area contributed by atoms with E-state index in [9.17, 15) is 14.4 Å². The number of thioether (sulfide) groups is 1. The number of allylic oxidation sites excluding steroid dienone is 2. The molecule has 3 heterocycles. The predicted molar refractivity (Wildman–Crippen MR) is 120 cm³/mol. The molecule has 2 atom stereocenters. The molecule has 1 unspecified atom stereocenters. The number of amides is 2. The topological polar surface area (TPSA) is 160 Å². The first-order chi connectivity index (χ1) is 14.9. The van der Waals surface area contributed by atoms with E-state index in [2.05, 4.69) is 33.2 Å². The minimum Gasteiger partial charge on any atom is -0.411 e. The number of thiol groups is 1. The number of nitrogens with two attached hydrogens (primary N) is 1. The minimum absolute atomic E-state index is 0.111. The van der Waals surface area contributed by atoms with E-state index in [1.807, 2.05) is 0 Å². The molecule has 2 aliphatic rings. The Hall–Kier alpha value is -2.84. The third kappa shape index (κ3) is 4.75. The van der Waals surface area contributed by atoms with Crippen LogP contribution >= 0.6 is 35.7 Å². The molecule has 1 fully saturated rings. The molecule has 3 rings (SSSR count). The molecule has 0 aliphatic carbocycles. The second-order valence-electron chi connectivity index (χ2n) is 6.21. The van der Waals surface area contributed by atoms with E-state index in [1.165, 1.54) is 36.1 Å². The molecule has 164 valence electrons. The first-order valence-electron chi connectivity index (χ1n) is 8.75. The van der Waals surface area contributed by atoms with Crippen LogP contribution < -0.4 is 11.1 Å². The van der Waals surface area contributed by atoms with Crippen molar-refractivity contribution in [2.24, 2.45) is 10.3 Å². The molecule has 11 nitrogen and oxygen atoms in total. The van der Waals surface area contributed by atoms with E-state index >= 15 is 0 Å². The summed E-state index contributed by atoms with van der Waals surface area (Å²) in [7, 11) is 1.29. The van der Waals surface area contributed by atoms with Crippen molar-refractivity contribution in [2.75, 3.05) is 18.6 Å². The number of nitrogen functional groups attached to an aromatic ring is 1. The SMILES string of the molecule is CO/N=C(\C(=O)NC1C(=O)N2C(C(=O)S)=C(C/C=C\C=N\O)CS[C@H]12)c1csc(N)n1. The van der Waals surface area contributed by atoms with E-state index in [0.29, 0.717) is 17.7 Å². The van der Waals surface area contributed by atoms with Gasteiger partial charge in [-0.1, -0.05) is 29.0 Å². The van der Waals surface area contributed by atoms with Gasteiger partial charge in [0.05, 0.1) is 11.9 Å². The van der Waals surface area contributed by atoms with Crippen molar-refractivity contribution in [3.63, 3.8) is 0 Å². The number of hydrogen-bond acceptors (Lipinski definition) is 11. The quantitative estimate of drug-likeness (QED) is 0.138. The fourth-order valence-corrected chi connectivity index (χ4v) is 5.23. The Labute approximate surface area is 190 Å². The Morgan fingerprint density at radius 3 is 2.94 bits per heavy atom. The Kier molecular flexibility index (Phi) is 7.35. The predicted octanol–water partition coefficient (Wildman–Crippen LogP) is 0.592. The van der Waals surface area contributed by atoms with Crippen molar-refractivity contribution in [3.05, 3.63) is 34.5 Å². The van der Waals surface area contributed by atoms with E-state index in [0.717, 1.165) is 11.3 Å². The summed E-state index contributed by atoms with van der Waals surface area (Å²) in [6, 6.07) is -0.850. The van der Waals surface area contributed by atoms with E-state index < -0.39 is 28.3 Å². The van der Waals surface area contributed by atoms with Gasteiger partial charge in [-0.3, -0.25) is 19.3 Å². The number of oxime groups is 2. The summed E-state index contributed by atoms with van der Waals surface area (Å²) in [6.07, 6.45) is 4.79. The van der Waals surface area contributed by atoms with Crippen LogP contribution in [0.5, 0.6) is 0 Å². The molecule has 4 N–H and O–H groups in total. The number of hydrogen-bond donors (Lipinski definition) is 4. The number of nitrogens with zero attached hydrogens (tertiary/aromatic N) is 4. The van der Waals surface area contributed by atoms with Crippen molar-refractivity contribution in [2.45, 2.75) is 17.8 Å². The monoisotopic (exact) mass is 482 g/mol. The summed E-state index contributed by atoms with van der Waals surface area (Å²) in [4.78, 5) is 47.7. The number of thiazole rings is 1. The molecule has 0 radical (unpaired) electrons. The zero-order valence-electron chi connectivity index (χ0n) is 16.1. The molecule has 2 amide bonds. The smallest absolute Gasteiger partial charge is 0.276 e. The van der Waals surface area contributed by atoms with Gasteiger partial charge in [-0.05, 0) is 18.1 Å². The average Bonchev–Trinajstić information content (AvgIpc) is 3.18. The van der Waals surface area contributed by atoms with Gasteiger partial charge in [0.25, 0.3) is 11.8 Å². The lowest BCUT2D eigenvalue weighted by molar-refractivity contribution is -0.146. The fraction of sp³-hybridized carbons (Fsp3) is 0.294. The maximum Gasteiger partial charge on any atom is 0.276 e. The van der Waals surface area contributed by atoms with Gasteiger partial charge in [0.1, 0.15) is 24.2 Å². The Morgan fingerprint density at radius 1 is 1.55 bits per heavy atom. The Bertz CT molecular complexity index is 1020. The maximum atomic E-state index is 12.8. The maximum absolute atomic E-state index is 12.8. The van der Waals surface area contributed by atoms with Crippen LogP contribution in [0.15, 0.2) is 39.1 Å². The largest absolute Gasteiger partial charge is 0.411 e. The highest BCUT2D eigenvalue weighted by atomic mass is 32.2. The highest BCUT2D eigenvalue weighted by Gasteiger charge is 2.53. The number of rotatable bonds is 8. The molecule has 1 aromatic heterocycles. The summed E-state index contributed by atoms with van der Waals surface area (Å²) in [5.74, 6) is -0.619. The van der Waals surface area contributed by atoms with Crippen molar-refractivity contribution >= 4 is 69.7 Å². The zero-order chi connectivity index (χ0) is 22.5. The van der Waals surface area contributed by atoms with E-state index in [1.54, 1.807) is 11.5 Å². The van der Waals surface area contributed by atoms with Crippen molar-refractivity contribution in [3.8, 4) is 0 Å². The van der Waals surface area contributed by atoms with Crippen LogP contribution in [-0.2, 0) is 19.2 Å². The molecule has 0 bridgehead atoms. The second-order valence-corrected chi connectivity index (χ2v) is 8.61. The lowest BCUT2D eigenvalue weighted by Gasteiger charge is -2.49. The van der Waals surface area contributed by atoms with Crippen LogP contribution in [0.1, 0.15) is 12.1 Å². The molecule has 14 heteroatoms. The number of β-lactam (4-membered cyclic amide) rings is 1. The number of fused-ring (bicyclic) bond motifs is 1. The summed E-state index contributed by atoms with van der Waals surface area (Å²) >= 11 is 6.46. The number of carbonyl (C=O) groups is 3. The van der Waals surface area contributed by atoms with Gasteiger partial charge in [-0.25, -0.2) is 4.98 Å².